The normalized spacial score (nSPS) is 20.2. The Morgan fingerprint density at radius 3 is 2.58 bits per heavy atom. The van der Waals surface area contributed by atoms with Crippen LogP contribution in [0.5, 0.6) is 0 Å². The molecule has 0 atom stereocenters. The maximum Gasteiger partial charge on any atom is 0.119 e. The molecular formula is C10H16S2. The van der Waals surface area contributed by atoms with Crippen molar-refractivity contribution in [1.29, 1.82) is 0 Å². The Morgan fingerprint density at radius 2 is 2.00 bits per heavy atom. The summed E-state index contributed by atoms with van der Waals surface area (Å²) in [4.78, 5) is 0. The molecule has 0 saturated carbocycles. The molecule has 0 aromatic carbocycles. The van der Waals surface area contributed by atoms with Crippen LogP contribution in [0.3, 0.4) is 0 Å². The average Bonchev–Trinajstić information content (AvgIpc) is 2.47. The van der Waals surface area contributed by atoms with E-state index in [1.165, 1.54) is 24.3 Å². The Kier molecular flexibility index (Phi) is 4.39. The van der Waals surface area contributed by atoms with Crippen LogP contribution < -0.4 is 0 Å². The summed E-state index contributed by atoms with van der Waals surface area (Å²) in [7, 11) is 0. The van der Waals surface area contributed by atoms with Crippen molar-refractivity contribution in [2.45, 2.75) is 37.2 Å². The summed E-state index contributed by atoms with van der Waals surface area (Å²) in [5.74, 6) is 9.18. The van der Waals surface area contributed by atoms with Crippen molar-refractivity contribution in [3.63, 3.8) is 0 Å². The van der Waals surface area contributed by atoms with E-state index in [1.54, 1.807) is 0 Å². The van der Waals surface area contributed by atoms with Crippen molar-refractivity contribution in [3.05, 3.63) is 0 Å². The molecule has 12 heavy (non-hydrogen) atoms. The van der Waals surface area contributed by atoms with Crippen LogP contribution in [0, 0.1) is 11.8 Å². The van der Waals surface area contributed by atoms with Crippen LogP contribution in [0.15, 0.2) is 0 Å². The molecule has 68 valence electrons. The lowest BCUT2D eigenvalue weighted by atomic mass is 10.2. The smallest absolute Gasteiger partial charge is 0.119 e. The van der Waals surface area contributed by atoms with Crippen LogP contribution in [0.4, 0.5) is 0 Å². The zero-order chi connectivity index (χ0) is 8.86. The van der Waals surface area contributed by atoms with Crippen molar-refractivity contribution in [2.75, 3.05) is 11.5 Å². The third-order valence-electron chi connectivity index (χ3n) is 1.81. The molecule has 0 nitrogen and oxygen atoms in total. The zero-order valence-corrected chi connectivity index (χ0v) is 9.49. The van der Waals surface area contributed by atoms with Gasteiger partial charge >= 0.3 is 0 Å². The van der Waals surface area contributed by atoms with Crippen molar-refractivity contribution in [3.8, 4) is 11.8 Å². The highest BCUT2D eigenvalue weighted by Crippen LogP contribution is 2.42. The molecule has 1 aliphatic heterocycles. The van der Waals surface area contributed by atoms with Crippen LogP contribution in [0.1, 0.15) is 33.1 Å². The largest absolute Gasteiger partial charge is 0.131 e. The Labute approximate surface area is 84.3 Å². The molecule has 0 spiro atoms. The van der Waals surface area contributed by atoms with E-state index in [0.717, 1.165) is 6.42 Å². The van der Waals surface area contributed by atoms with E-state index in [2.05, 4.69) is 25.7 Å². The van der Waals surface area contributed by atoms with Crippen LogP contribution >= 0.6 is 23.5 Å². The molecule has 1 heterocycles. The molecule has 0 amide bonds. The second-order valence-corrected chi connectivity index (χ2v) is 6.33. The van der Waals surface area contributed by atoms with Gasteiger partial charge < -0.3 is 0 Å². The number of hydrogen-bond acceptors (Lipinski definition) is 2. The first-order chi connectivity index (χ1) is 5.77. The highest BCUT2D eigenvalue weighted by molar-refractivity contribution is 8.21. The topological polar surface area (TPSA) is 0 Å². The maximum absolute atomic E-state index is 3.37. The number of hydrogen-bond donors (Lipinski definition) is 0. The Morgan fingerprint density at radius 1 is 1.33 bits per heavy atom. The van der Waals surface area contributed by atoms with Crippen LogP contribution in [-0.2, 0) is 0 Å². The molecule has 0 unspecified atom stereocenters. The van der Waals surface area contributed by atoms with Crippen LogP contribution in [0.2, 0.25) is 0 Å². The second kappa shape index (κ2) is 5.09. The predicted molar refractivity (Wildman–Crippen MR) is 60.6 cm³/mol. The first-order valence-corrected chi connectivity index (χ1v) is 6.52. The minimum Gasteiger partial charge on any atom is -0.131 e. The minimum atomic E-state index is 0.216. The lowest BCUT2D eigenvalue weighted by Gasteiger charge is -2.12. The van der Waals surface area contributed by atoms with Gasteiger partial charge in [0.2, 0.25) is 0 Å². The molecule has 0 bridgehead atoms. The third kappa shape index (κ3) is 3.33. The fourth-order valence-corrected chi connectivity index (χ4v) is 3.64. The van der Waals surface area contributed by atoms with E-state index in [9.17, 15) is 0 Å². The van der Waals surface area contributed by atoms with Gasteiger partial charge in [-0.25, -0.2) is 0 Å². The van der Waals surface area contributed by atoms with Gasteiger partial charge in [0.1, 0.15) is 4.08 Å². The van der Waals surface area contributed by atoms with E-state index in [1.807, 2.05) is 23.5 Å². The van der Waals surface area contributed by atoms with Crippen molar-refractivity contribution in [2.24, 2.45) is 0 Å². The molecule has 1 fully saturated rings. The van der Waals surface area contributed by atoms with Crippen LogP contribution in [-0.4, -0.2) is 15.6 Å². The maximum atomic E-state index is 3.37. The fraction of sp³-hybridized carbons (Fsp3) is 0.800. The molecule has 0 aromatic rings. The minimum absolute atomic E-state index is 0.216. The van der Waals surface area contributed by atoms with Gasteiger partial charge in [-0.1, -0.05) is 19.3 Å². The quantitative estimate of drug-likeness (QED) is 0.495. The van der Waals surface area contributed by atoms with Crippen LogP contribution in [0.25, 0.3) is 0 Å². The Hall–Kier alpha value is 0.260. The third-order valence-corrected chi connectivity index (χ3v) is 4.90. The molecule has 2 heteroatoms. The SMILES string of the molecule is CCCCC#CC1(C)SCCS1. The number of thioether (sulfide) groups is 2. The molecule has 1 saturated heterocycles. The first-order valence-electron chi connectivity index (χ1n) is 4.55. The Bertz CT molecular complexity index is 182. The van der Waals surface area contributed by atoms with E-state index in [0.29, 0.717) is 0 Å². The average molecular weight is 200 g/mol. The van der Waals surface area contributed by atoms with Gasteiger partial charge in [-0.15, -0.1) is 29.4 Å². The number of unbranched alkanes of at least 4 members (excludes halogenated alkanes) is 2. The fourth-order valence-electron chi connectivity index (χ4n) is 1.07. The first kappa shape index (κ1) is 10.3. The molecule has 1 aliphatic rings. The van der Waals surface area contributed by atoms with E-state index >= 15 is 0 Å². The van der Waals surface area contributed by atoms with Crippen molar-refractivity contribution >= 4 is 23.5 Å². The highest BCUT2D eigenvalue weighted by atomic mass is 32.2. The summed E-state index contributed by atoms with van der Waals surface area (Å²) in [6.07, 6.45) is 3.58. The molecule has 0 aliphatic carbocycles. The lowest BCUT2D eigenvalue weighted by molar-refractivity contribution is 0.827. The summed E-state index contributed by atoms with van der Waals surface area (Å²) in [5.41, 5.74) is 0. The molecule has 0 radical (unpaired) electrons. The number of rotatable bonds is 2. The van der Waals surface area contributed by atoms with Gasteiger partial charge in [-0.05, 0) is 13.3 Å². The summed E-state index contributed by atoms with van der Waals surface area (Å²) in [6, 6.07) is 0. The lowest BCUT2D eigenvalue weighted by Crippen LogP contribution is -2.06. The summed E-state index contributed by atoms with van der Waals surface area (Å²) in [6.45, 7) is 4.46. The Balaban J connectivity index is 2.30. The van der Waals surface area contributed by atoms with Gasteiger partial charge in [0.15, 0.2) is 0 Å². The van der Waals surface area contributed by atoms with Gasteiger partial charge in [-0.2, -0.15) is 0 Å². The van der Waals surface area contributed by atoms with Crippen molar-refractivity contribution < 1.29 is 0 Å². The molecule has 1 rings (SSSR count). The van der Waals surface area contributed by atoms with Gasteiger partial charge in [0.05, 0.1) is 0 Å². The van der Waals surface area contributed by atoms with Gasteiger partial charge in [-0.3, -0.25) is 0 Å². The standard InChI is InChI=1S/C10H16S2/c1-3-4-5-6-7-10(2)11-8-9-12-10/h3-5,8-9H2,1-2H3. The van der Waals surface area contributed by atoms with Crippen molar-refractivity contribution in [1.82, 2.24) is 0 Å². The summed E-state index contributed by atoms with van der Waals surface area (Å²) >= 11 is 3.98. The van der Waals surface area contributed by atoms with E-state index in [4.69, 9.17) is 0 Å². The van der Waals surface area contributed by atoms with Gasteiger partial charge in [0.25, 0.3) is 0 Å². The molecule has 0 N–H and O–H groups in total. The monoisotopic (exact) mass is 200 g/mol. The van der Waals surface area contributed by atoms with E-state index in [-0.39, 0.29) is 4.08 Å². The van der Waals surface area contributed by atoms with E-state index < -0.39 is 0 Å². The molecule has 0 aromatic heterocycles. The highest BCUT2D eigenvalue weighted by Gasteiger charge is 2.27. The zero-order valence-electron chi connectivity index (χ0n) is 7.85. The molecular weight excluding hydrogens is 184 g/mol. The second-order valence-electron chi connectivity index (χ2n) is 3.05. The predicted octanol–water partition coefficient (Wildman–Crippen LogP) is 3.38. The van der Waals surface area contributed by atoms with Gasteiger partial charge in [0, 0.05) is 17.9 Å². The summed E-state index contributed by atoms with van der Waals surface area (Å²) < 4.78 is 0.216. The summed E-state index contributed by atoms with van der Waals surface area (Å²) in [5, 5.41) is 0.